The van der Waals surface area contributed by atoms with Crippen molar-refractivity contribution >= 4 is 0 Å². The molecule has 0 saturated carbocycles. The standard InChI is InChI=1S/C22H28O6/c1-24-18-7-5-14(11-20(18)26-3)9-16-13-28-22(23)17(16)10-15-6-8-19(25-2)21(12-15)27-4/h5-8,11-12,16-17,22-23H,9-10,13H2,1-4H3/t16-,17+,22?/m0/s1. The molecule has 1 saturated heterocycles. The lowest BCUT2D eigenvalue weighted by atomic mass is 9.84. The summed E-state index contributed by atoms with van der Waals surface area (Å²) in [6, 6.07) is 11.8. The molecule has 28 heavy (non-hydrogen) atoms. The first-order chi connectivity index (χ1) is 13.6. The summed E-state index contributed by atoms with van der Waals surface area (Å²) in [6.07, 6.45) is 0.702. The molecule has 1 aliphatic rings. The second-order valence-corrected chi connectivity index (χ2v) is 6.93. The number of hydrogen-bond donors (Lipinski definition) is 1. The van der Waals surface area contributed by atoms with Gasteiger partial charge in [0.05, 0.1) is 35.0 Å². The summed E-state index contributed by atoms with van der Waals surface area (Å²) in [5.74, 6) is 2.97. The van der Waals surface area contributed by atoms with Crippen LogP contribution >= 0.6 is 0 Å². The minimum Gasteiger partial charge on any atom is -0.493 e. The highest BCUT2D eigenvalue weighted by Gasteiger charge is 2.36. The van der Waals surface area contributed by atoms with Crippen LogP contribution in [-0.4, -0.2) is 46.4 Å². The number of ether oxygens (including phenoxy) is 5. The molecule has 6 heteroatoms. The van der Waals surface area contributed by atoms with Crippen LogP contribution in [0.4, 0.5) is 0 Å². The molecule has 3 rings (SSSR count). The monoisotopic (exact) mass is 388 g/mol. The van der Waals surface area contributed by atoms with Gasteiger partial charge in [-0.2, -0.15) is 0 Å². The first kappa shape index (κ1) is 20.3. The molecule has 2 aromatic carbocycles. The van der Waals surface area contributed by atoms with E-state index in [-0.39, 0.29) is 11.8 Å². The fraction of sp³-hybridized carbons (Fsp3) is 0.455. The van der Waals surface area contributed by atoms with Crippen molar-refractivity contribution in [1.29, 1.82) is 0 Å². The third-order valence-corrected chi connectivity index (χ3v) is 5.32. The molecule has 1 fully saturated rings. The molecular weight excluding hydrogens is 360 g/mol. The second kappa shape index (κ2) is 9.17. The van der Waals surface area contributed by atoms with Crippen molar-refractivity contribution in [2.45, 2.75) is 19.1 Å². The van der Waals surface area contributed by atoms with E-state index >= 15 is 0 Å². The molecule has 3 atom stereocenters. The molecule has 1 aliphatic heterocycles. The van der Waals surface area contributed by atoms with Crippen LogP contribution in [0.1, 0.15) is 11.1 Å². The topological polar surface area (TPSA) is 66.4 Å². The number of aliphatic hydroxyl groups is 1. The average molecular weight is 388 g/mol. The Labute approximate surface area is 165 Å². The summed E-state index contributed by atoms with van der Waals surface area (Å²) in [4.78, 5) is 0. The van der Waals surface area contributed by atoms with Crippen molar-refractivity contribution in [1.82, 2.24) is 0 Å². The maximum Gasteiger partial charge on any atom is 0.160 e. The van der Waals surface area contributed by atoms with Crippen LogP contribution in [0.15, 0.2) is 36.4 Å². The maximum absolute atomic E-state index is 10.4. The van der Waals surface area contributed by atoms with Crippen molar-refractivity contribution in [3.8, 4) is 23.0 Å². The highest BCUT2D eigenvalue weighted by Crippen LogP contribution is 2.36. The zero-order chi connectivity index (χ0) is 20.1. The summed E-state index contributed by atoms with van der Waals surface area (Å²) in [7, 11) is 6.49. The molecule has 1 N–H and O–H groups in total. The van der Waals surface area contributed by atoms with E-state index in [9.17, 15) is 5.11 Å². The van der Waals surface area contributed by atoms with Crippen LogP contribution in [0.3, 0.4) is 0 Å². The molecule has 1 unspecified atom stereocenters. The molecule has 152 valence electrons. The third-order valence-electron chi connectivity index (χ3n) is 5.32. The van der Waals surface area contributed by atoms with Gasteiger partial charge >= 0.3 is 0 Å². The number of aliphatic hydroxyl groups excluding tert-OH is 1. The van der Waals surface area contributed by atoms with Gasteiger partial charge in [0, 0.05) is 5.92 Å². The zero-order valence-corrected chi connectivity index (χ0v) is 16.8. The molecule has 0 spiro atoms. The molecule has 6 nitrogen and oxygen atoms in total. The van der Waals surface area contributed by atoms with E-state index in [1.165, 1.54) is 0 Å². The molecule has 0 aromatic heterocycles. The molecule has 0 radical (unpaired) electrons. The van der Waals surface area contributed by atoms with E-state index < -0.39 is 6.29 Å². The molecule has 0 bridgehead atoms. The molecule has 0 aliphatic carbocycles. The molecule has 0 amide bonds. The Balaban J connectivity index is 1.75. The van der Waals surface area contributed by atoms with Crippen LogP contribution < -0.4 is 18.9 Å². The lowest BCUT2D eigenvalue weighted by Crippen LogP contribution is -2.24. The summed E-state index contributed by atoms with van der Waals surface area (Å²) in [5.41, 5.74) is 2.20. The Kier molecular flexibility index (Phi) is 6.65. The highest BCUT2D eigenvalue weighted by atomic mass is 16.6. The van der Waals surface area contributed by atoms with Gasteiger partial charge in [0.15, 0.2) is 29.3 Å². The van der Waals surface area contributed by atoms with Gasteiger partial charge in [0.1, 0.15) is 0 Å². The van der Waals surface area contributed by atoms with E-state index in [1.807, 2.05) is 36.4 Å². The summed E-state index contributed by atoms with van der Waals surface area (Å²) in [5, 5.41) is 10.4. The highest BCUT2D eigenvalue weighted by molar-refractivity contribution is 5.44. The van der Waals surface area contributed by atoms with Crippen LogP contribution in [-0.2, 0) is 17.6 Å². The van der Waals surface area contributed by atoms with Crippen LogP contribution in [0.2, 0.25) is 0 Å². The lowest BCUT2D eigenvalue weighted by molar-refractivity contribution is -0.0820. The predicted octanol–water partition coefficient (Wildman–Crippen LogP) is 3.09. The smallest absolute Gasteiger partial charge is 0.160 e. The van der Waals surface area contributed by atoms with Crippen molar-refractivity contribution in [3.05, 3.63) is 47.5 Å². The SMILES string of the molecule is COc1ccc(C[C@H]2COC(O)[C@@H]2Cc2ccc(OC)c(OC)c2)cc1OC. The minimum absolute atomic E-state index is 0.00815. The van der Waals surface area contributed by atoms with Gasteiger partial charge in [0.25, 0.3) is 0 Å². The summed E-state index contributed by atoms with van der Waals surface area (Å²) >= 11 is 0. The predicted molar refractivity (Wildman–Crippen MR) is 105 cm³/mol. The lowest BCUT2D eigenvalue weighted by Gasteiger charge is -2.21. The Morgan fingerprint density at radius 3 is 1.79 bits per heavy atom. The molecule has 2 aromatic rings. The largest absolute Gasteiger partial charge is 0.493 e. The normalized spacial score (nSPS) is 21.4. The van der Waals surface area contributed by atoms with Crippen LogP contribution in [0.25, 0.3) is 0 Å². The van der Waals surface area contributed by atoms with Gasteiger partial charge in [-0.25, -0.2) is 0 Å². The number of rotatable bonds is 8. The van der Waals surface area contributed by atoms with Crippen molar-refractivity contribution in [2.24, 2.45) is 11.8 Å². The van der Waals surface area contributed by atoms with Crippen LogP contribution in [0.5, 0.6) is 23.0 Å². The minimum atomic E-state index is -0.779. The van der Waals surface area contributed by atoms with Crippen molar-refractivity contribution in [3.63, 3.8) is 0 Å². The average Bonchev–Trinajstić information content (AvgIpc) is 3.06. The first-order valence-electron chi connectivity index (χ1n) is 9.31. The van der Waals surface area contributed by atoms with E-state index in [4.69, 9.17) is 23.7 Å². The van der Waals surface area contributed by atoms with E-state index in [1.54, 1.807) is 28.4 Å². The van der Waals surface area contributed by atoms with E-state index in [0.29, 0.717) is 36.0 Å². The van der Waals surface area contributed by atoms with Gasteiger partial charge in [0.2, 0.25) is 0 Å². The van der Waals surface area contributed by atoms with Gasteiger partial charge in [-0.05, 0) is 54.2 Å². The fourth-order valence-corrected chi connectivity index (χ4v) is 3.77. The Morgan fingerprint density at radius 2 is 1.29 bits per heavy atom. The van der Waals surface area contributed by atoms with E-state index in [2.05, 4.69) is 0 Å². The fourth-order valence-electron chi connectivity index (χ4n) is 3.77. The summed E-state index contributed by atoms with van der Waals surface area (Å²) < 4.78 is 27.0. The first-order valence-corrected chi connectivity index (χ1v) is 9.31. The number of benzene rings is 2. The Morgan fingerprint density at radius 1 is 0.786 bits per heavy atom. The third kappa shape index (κ3) is 4.34. The second-order valence-electron chi connectivity index (χ2n) is 6.93. The zero-order valence-electron chi connectivity index (χ0n) is 16.8. The molecular formula is C22H28O6. The quantitative estimate of drug-likeness (QED) is 0.750. The van der Waals surface area contributed by atoms with E-state index in [0.717, 1.165) is 17.5 Å². The van der Waals surface area contributed by atoms with Crippen molar-refractivity contribution in [2.75, 3.05) is 35.0 Å². The number of methoxy groups -OCH3 is 4. The Hall–Kier alpha value is -2.44. The maximum atomic E-state index is 10.4. The van der Waals surface area contributed by atoms with Gasteiger partial charge < -0.3 is 28.8 Å². The number of hydrogen-bond acceptors (Lipinski definition) is 6. The Bertz CT molecular complexity index is 791. The van der Waals surface area contributed by atoms with Gasteiger partial charge in [-0.15, -0.1) is 0 Å². The van der Waals surface area contributed by atoms with Crippen molar-refractivity contribution < 1.29 is 28.8 Å². The van der Waals surface area contributed by atoms with Crippen LogP contribution in [0, 0.1) is 11.8 Å². The van der Waals surface area contributed by atoms with Gasteiger partial charge in [-0.3, -0.25) is 0 Å². The molecule has 1 heterocycles. The van der Waals surface area contributed by atoms with Gasteiger partial charge in [-0.1, -0.05) is 12.1 Å². The summed E-state index contributed by atoms with van der Waals surface area (Å²) in [6.45, 7) is 0.521.